The van der Waals surface area contributed by atoms with Crippen LogP contribution in [0.5, 0.6) is 0 Å². The standard InChI is InChI=1S/C13H26O2/c14-10-6-2-5-9-13(11-15)12-7-3-1-4-8-12/h12-15H,1-11H2. The predicted octanol–water partition coefficient (Wildman–Crippen LogP) is 2.73. The summed E-state index contributed by atoms with van der Waals surface area (Å²) in [7, 11) is 0. The van der Waals surface area contributed by atoms with Gasteiger partial charge in [0.05, 0.1) is 0 Å². The molecule has 0 heterocycles. The quantitative estimate of drug-likeness (QED) is 0.640. The molecule has 2 heteroatoms. The van der Waals surface area contributed by atoms with E-state index in [-0.39, 0.29) is 0 Å². The largest absolute Gasteiger partial charge is 0.396 e. The van der Waals surface area contributed by atoms with Crippen LogP contribution in [0.3, 0.4) is 0 Å². The Bertz CT molecular complexity index is 141. The topological polar surface area (TPSA) is 40.5 Å². The van der Waals surface area contributed by atoms with Crippen LogP contribution >= 0.6 is 0 Å². The Morgan fingerprint density at radius 2 is 1.67 bits per heavy atom. The van der Waals surface area contributed by atoms with Crippen LogP contribution in [0.25, 0.3) is 0 Å². The van der Waals surface area contributed by atoms with Crippen molar-refractivity contribution in [3.8, 4) is 0 Å². The summed E-state index contributed by atoms with van der Waals surface area (Å²) in [5, 5.41) is 18.1. The second-order valence-corrected chi connectivity index (χ2v) is 4.91. The van der Waals surface area contributed by atoms with Gasteiger partial charge in [0.1, 0.15) is 0 Å². The first-order chi connectivity index (χ1) is 7.38. The third-order valence-electron chi connectivity index (χ3n) is 3.78. The van der Waals surface area contributed by atoms with E-state index in [1.54, 1.807) is 0 Å². The number of hydrogen-bond acceptors (Lipinski definition) is 2. The van der Waals surface area contributed by atoms with Crippen molar-refractivity contribution in [1.82, 2.24) is 0 Å². The number of hydrogen-bond donors (Lipinski definition) is 2. The van der Waals surface area contributed by atoms with E-state index < -0.39 is 0 Å². The van der Waals surface area contributed by atoms with Gasteiger partial charge in [0.15, 0.2) is 0 Å². The van der Waals surface area contributed by atoms with Gasteiger partial charge in [-0.3, -0.25) is 0 Å². The first-order valence-corrected chi connectivity index (χ1v) is 6.60. The highest BCUT2D eigenvalue weighted by molar-refractivity contribution is 4.73. The summed E-state index contributed by atoms with van der Waals surface area (Å²) in [6.45, 7) is 0.678. The van der Waals surface area contributed by atoms with Crippen molar-refractivity contribution >= 4 is 0 Å². The van der Waals surface area contributed by atoms with E-state index in [2.05, 4.69) is 0 Å². The molecule has 0 aromatic heterocycles. The normalized spacial score (nSPS) is 20.4. The van der Waals surface area contributed by atoms with E-state index >= 15 is 0 Å². The zero-order chi connectivity index (χ0) is 10.9. The molecule has 90 valence electrons. The van der Waals surface area contributed by atoms with Crippen molar-refractivity contribution in [3.05, 3.63) is 0 Å². The van der Waals surface area contributed by atoms with Crippen molar-refractivity contribution in [1.29, 1.82) is 0 Å². The second-order valence-electron chi connectivity index (χ2n) is 4.91. The van der Waals surface area contributed by atoms with Crippen molar-refractivity contribution in [2.75, 3.05) is 13.2 Å². The van der Waals surface area contributed by atoms with E-state index in [0.29, 0.717) is 19.1 Å². The summed E-state index contributed by atoms with van der Waals surface area (Å²) in [6, 6.07) is 0. The molecule has 0 spiro atoms. The molecule has 0 aromatic rings. The number of rotatable bonds is 7. The molecular formula is C13H26O2. The molecule has 1 unspecified atom stereocenters. The number of unbranched alkanes of at least 4 members (excludes halogenated alkanes) is 2. The van der Waals surface area contributed by atoms with Crippen LogP contribution in [0.15, 0.2) is 0 Å². The lowest BCUT2D eigenvalue weighted by Crippen LogP contribution is -2.21. The minimum atomic E-state index is 0.313. The third-order valence-corrected chi connectivity index (χ3v) is 3.78. The molecule has 1 aliphatic carbocycles. The molecule has 2 N–H and O–H groups in total. The third kappa shape index (κ3) is 4.98. The Morgan fingerprint density at radius 1 is 0.933 bits per heavy atom. The fourth-order valence-electron chi connectivity index (χ4n) is 2.78. The molecule has 1 saturated carbocycles. The van der Waals surface area contributed by atoms with Gasteiger partial charge in [0.2, 0.25) is 0 Å². The van der Waals surface area contributed by atoms with Gasteiger partial charge in [-0.2, -0.15) is 0 Å². The fourth-order valence-corrected chi connectivity index (χ4v) is 2.78. The predicted molar refractivity (Wildman–Crippen MR) is 62.7 cm³/mol. The van der Waals surface area contributed by atoms with Gasteiger partial charge < -0.3 is 10.2 Å². The van der Waals surface area contributed by atoms with Crippen molar-refractivity contribution in [3.63, 3.8) is 0 Å². The van der Waals surface area contributed by atoms with Gasteiger partial charge in [0, 0.05) is 13.2 Å². The summed E-state index contributed by atoms with van der Waals surface area (Å²) in [4.78, 5) is 0. The van der Waals surface area contributed by atoms with E-state index in [1.165, 1.54) is 38.5 Å². The lowest BCUT2D eigenvalue weighted by atomic mass is 9.78. The Hall–Kier alpha value is -0.0800. The molecular weight excluding hydrogens is 188 g/mol. The van der Waals surface area contributed by atoms with E-state index in [1.807, 2.05) is 0 Å². The van der Waals surface area contributed by atoms with Gasteiger partial charge in [-0.25, -0.2) is 0 Å². The van der Waals surface area contributed by atoms with Crippen LogP contribution in [0.1, 0.15) is 57.8 Å². The van der Waals surface area contributed by atoms with Gasteiger partial charge in [-0.15, -0.1) is 0 Å². The first-order valence-electron chi connectivity index (χ1n) is 6.60. The molecule has 1 rings (SSSR count). The molecule has 0 amide bonds. The van der Waals surface area contributed by atoms with Crippen LogP contribution in [0.4, 0.5) is 0 Å². The first kappa shape index (κ1) is 13.0. The number of aliphatic hydroxyl groups excluding tert-OH is 2. The van der Waals surface area contributed by atoms with Gasteiger partial charge in [0.25, 0.3) is 0 Å². The Kier molecular flexibility index (Phi) is 7.03. The minimum absolute atomic E-state index is 0.313. The zero-order valence-electron chi connectivity index (χ0n) is 9.83. The van der Waals surface area contributed by atoms with Crippen LogP contribution in [0, 0.1) is 11.8 Å². The average molecular weight is 214 g/mol. The lowest BCUT2D eigenvalue weighted by molar-refractivity contribution is 0.136. The molecule has 2 nitrogen and oxygen atoms in total. The summed E-state index contributed by atoms with van der Waals surface area (Å²) in [6.07, 6.45) is 11.1. The van der Waals surface area contributed by atoms with Crippen molar-refractivity contribution in [2.45, 2.75) is 57.8 Å². The second kappa shape index (κ2) is 8.12. The van der Waals surface area contributed by atoms with Crippen LogP contribution in [-0.4, -0.2) is 23.4 Å². The van der Waals surface area contributed by atoms with Crippen molar-refractivity contribution in [2.24, 2.45) is 11.8 Å². The molecule has 0 saturated heterocycles. The van der Waals surface area contributed by atoms with Gasteiger partial charge in [-0.05, 0) is 24.7 Å². The number of aliphatic hydroxyl groups is 2. The molecule has 1 atom stereocenters. The maximum atomic E-state index is 9.39. The molecule has 0 aromatic carbocycles. The molecule has 1 fully saturated rings. The van der Waals surface area contributed by atoms with Crippen LogP contribution in [-0.2, 0) is 0 Å². The fraction of sp³-hybridized carbons (Fsp3) is 1.00. The van der Waals surface area contributed by atoms with E-state index in [0.717, 1.165) is 25.2 Å². The molecule has 0 bridgehead atoms. The summed E-state index contributed by atoms with van der Waals surface area (Å²) < 4.78 is 0. The summed E-state index contributed by atoms with van der Waals surface area (Å²) >= 11 is 0. The highest BCUT2D eigenvalue weighted by atomic mass is 16.3. The van der Waals surface area contributed by atoms with Crippen LogP contribution in [0.2, 0.25) is 0 Å². The highest BCUT2D eigenvalue weighted by Crippen LogP contribution is 2.32. The Balaban J connectivity index is 2.15. The smallest absolute Gasteiger partial charge is 0.0461 e. The summed E-state index contributed by atoms with van der Waals surface area (Å²) in [5.74, 6) is 1.31. The maximum Gasteiger partial charge on any atom is 0.0461 e. The molecule has 0 aliphatic heterocycles. The zero-order valence-corrected chi connectivity index (χ0v) is 9.83. The van der Waals surface area contributed by atoms with E-state index in [4.69, 9.17) is 5.11 Å². The Morgan fingerprint density at radius 3 is 2.27 bits per heavy atom. The SMILES string of the molecule is OCCCCCC(CO)C1CCCCC1. The summed E-state index contributed by atoms with van der Waals surface area (Å²) in [5.41, 5.74) is 0. The highest BCUT2D eigenvalue weighted by Gasteiger charge is 2.22. The molecule has 1 aliphatic rings. The lowest BCUT2D eigenvalue weighted by Gasteiger charge is -2.29. The van der Waals surface area contributed by atoms with Gasteiger partial charge >= 0.3 is 0 Å². The minimum Gasteiger partial charge on any atom is -0.396 e. The molecule has 0 radical (unpaired) electrons. The van der Waals surface area contributed by atoms with Gasteiger partial charge in [-0.1, -0.05) is 44.9 Å². The van der Waals surface area contributed by atoms with Crippen molar-refractivity contribution < 1.29 is 10.2 Å². The molecule has 15 heavy (non-hydrogen) atoms. The van der Waals surface area contributed by atoms with Crippen LogP contribution < -0.4 is 0 Å². The van der Waals surface area contributed by atoms with E-state index in [9.17, 15) is 5.11 Å². The average Bonchev–Trinajstić information content (AvgIpc) is 2.30. The maximum absolute atomic E-state index is 9.39. The monoisotopic (exact) mass is 214 g/mol. The Labute approximate surface area is 93.7 Å².